The van der Waals surface area contributed by atoms with Gasteiger partial charge in [-0.1, -0.05) is 30.3 Å². The average molecular weight is 425 g/mol. The molecule has 2 unspecified atom stereocenters. The van der Waals surface area contributed by atoms with Crippen LogP contribution < -0.4 is 16.2 Å². The predicted molar refractivity (Wildman–Crippen MR) is 117 cm³/mol. The Kier molecular flexibility index (Phi) is 6.62. The van der Waals surface area contributed by atoms with Crippen LogP contribution in [0.4, 0.5) is 0 Å². The summed E-state index contributed by atoms with van der Waals surface area (Å²) in [4.78, 5) is 26.3. The lowest BCUT2D eigenvalue weighted by molar-refractivity contribution is -0.120. The maximum Gasteiger partial charge on any atom is 0.252 e. The van der Waals surface area contributed by atoms with Crippen LogP contribution in [0, 0.1) is 6.92 Å². The first-order valence-corrected chi connectivity index (χ1v) is 9.86. The van der Waals surface area contributed by atoms with Crippen LogP contribution in [0.3, 0.4) is 0 Å². The Morgan fingerprint density at radius 3 is 2.35 bits per heavy atom. The van der Waals surface area contributed by atoms with Gasteiger partial charge in [0.25, 0.3) is 5.91 Å². The molecule has 0 fully saturated rings. The smallest absolute Gasteiger partial charge is 0.252 e. The Labute approximate surface area is 180 Å². The standard InChI is InChI=1S/C23H27N3O5/c1-13-19(23(25)29)21-17(30-13)10-9-16(20(21)15(12-27)22(24)28)31-18(11-26(2)3)14-7-5-4-6-8-14/h4-10,15,18,27H,11-12H2,1-3H3,(H2,24,28)(H2,25,29). The lowest BCUT2D eigenvalue weighted by Gasteiger charge is -2.26. The molecule has 2 amide bonds. The Hall–Kier alpha value is -3.36. The van der Waals surface area contributed by atoms with E-state index in [0.29, 0.717) is 29.0 Å². The monoisotopic (exact) mass is 425 g/mol. The van der Waals surface area contributed by atoms with Crippen molar-refractivity contribution < 1.29 is 23.8 Å². The maximum atomic E-state index is 12.2. The van der Waals surface area contributed by atoms with Crippen molar-refractivity contribution in [3.8, 4) is 5.75 Å². The number of carbonyl (C=O) groups is 2. The Bertz CT molecular complexity index is 1090. The molecule has 3 aromatic rings. The summed E-state index contributed by atoms with van der Waals surface area (Å²) in [6.07, 6.45) is -0.385. The SMILES string of the molecule is Cc1oc2ccc(OC(CN(C)C)c3ccccc3)c(C(CO)C(N)=O)c2c1C(N)=O. The summed E-state index contributed by atoms with van der Waals surface area (Å²) >= 11 is 0. The van der Waals surface area contributed by atoms with Crippen molar-refractivity contribution in [3.63, 3.8) is 0 Å². The van der Waals surface area contributed by atoms with Crippen LogP contribution in [0.1, 0.15) is 39.3 Å². The molecule has 31 heavy (non-hydrogen) atoms. The van der Waals surface area contributed by atoms with Crippen LogP contribution in [-0.4, -0.2) is 49.1 Å². The Morgan fingerprint density at radius 2 is 1.81 bits per heavy atom. The van der Waals surface area contributed by atoms with Gasteiger partial charge in [0.2, 0.25) is 5.91 Å². The number of hydrogen-bond donors (Lipinski definition) is 3. The second kappa shape index (κ2) is 9.20. The van der Waals surface area contributed by atoms with Gasteiger partial charge in [0.1, 0.15) is 23.2 Å². The first-order chi connectivity index (χ1) is 14.7. The molecular weight excluding hydrogens is 398 g/mol. The van der Waals surface area contributed by atoms with Crippen LogP contribution in [-0.2, 0) is 4.79 Å². The van der Waals surface area contributed by atoms with E-state index in [9.17, 15) is 14.7 Å². The highest BCUT2D eigenvalue weighted by molar-refractivity contribution is 6.09. The minimum atomic E-state index is -1.11. The van der Waals surface area contributed by atoms with Crippen molar-refractivity contribution in [2.45, 2.75) is 18.9 Å². The summed E-state index contributed by atoms with van der Waals surface area (Å²) in [5.41, 5.74) is 12.9. The molecule has 2 aromatic carbocycles. The second-order valence-corrected chi connectivity index (χ2v) is 7.66. The summed E-state index contributed by atoms with van der Waals surface area (Å²) in [6, 6.07) is 12.9. The van der Waals surface area contributed by atoms with Gasteiger partial charge in [0.15, 0.2) is 0 Å². The molecule has 0 aliphatic heterocycles. The number of hydrogen-bond acceptors (Lipinski definition) is 6. The van der Waals surface area contributed by atoms with Crippen LogP contribution >= 0.6 is 0 Å². The van der Waals surface area contributed by atoms with E-state index in [0.717, 1.165) is 5.56 Å². The molecule has 0 bridgehead atoms. The number of carbonyl (C=O) groups excluding carboxylic acids is 2. The molecule has 0 saturated carbocycles. The first kappa shape index (κ1) is 22.3. The number of aliphatic hydroxyl groups excluding tert-OH is 1. The number of likely N-dealkylation sites (N-methyl/N-ethyl adjacent to an activating group) is 1. The lowest BCUT2D eigenvalue weighted by Crippen LogP contribution is -2.27. The highest BCUT2D eigenvalue weighted by Gasteiger charge is 2.30. The van der Waals surface area contributed by atoms with Crippen molar-refractivity contribution in [3.05, 3.63) is 64.9 Å². The van der Waals surface area contributed by atoms with Crippen LogP contribution in [0.2, 0.25) is 0 Å². The fraction of sp³-hybridized carbons (Fsp3) is 0.304. The normalized spacial score (nSPS) is 13.3. The van der Waals surface area contributed by atoms with E-state index in [2.05, 4.69) is 0 Å². The number of furan rings is 1. The van der Waals surface area contributed by atoms with Gasteiger partial charge in [-0.2, -0.15) is 0 Å². The minimum absolute atomic E-state index is 0.138. The molecule has 8 nitrogen and oxygen atoms in total. The van der Waals surface area contributed by atoms with Crippen molar-refractivity contribution >= 4 is 22.8 Å². The fourth-order valence-electron chi connectivity index (χ4n) is 3.75. The van der Waals surface area contributed by atoms with E-state index in [4.69, 9.17) is 20.6 Å². The van der Waals surface area contributed by atoms with Gasteiger partial charge in [-0.25, -0.2) is 0 Å². The number of fused-ring (bicyclic) bond motifs is 1. The molecule has 2 atom stereocenters. The zero-order valence-corrected chi connectivity index (χ0v) is 17.8. The van der Waals surface area contributed by atoms with Gasteiger partial charge in [-0.15, -0.1) is 0 Å². The first-order valence-electron chi connectivity index (χ1n) is 9.86. The summed E-state index contributed by atoms with van der Waals surface area (Å²) in [5.74, 6) is -1.93. The number of aryl methyl sites for hydroxylation is 1. The van der Waals surface area contributed by atoms with Gasteiger partial charge in [-0.3, -0.25) is 9.59 Å². The number of ether oxygens (including phenoxy) is 1. The Morgan fingerprint density at radius 1 is 1.13 bits per heavy atom. The lowest BCUT2D eigenvalue weighted by atomic mass is 9.92. The van der Waals surface area contributed by atoms with E-state index < -0.39 is 24.3 Å². The number of aliphatic hydroxyl groups is 1. The van der Waals surface area contributed by atoms with Crippen molar-refractivity contribution in [2.24, 2.45) is 11.5 Å². The molecule has 8 heteroatoms. The van der Waals surface area contributed by atoms with E-state index in [-0.39, 0.29) is 17.2 Å². The second-order valence-electron chi connectivity index (χ2n) is 7.66. The number of primary amides is 2. The zero-order chi connectivity index (χ0) is 22.7. The Balaban J connectivity index is 2.24. The molecule has 3 rings (SSSR count). The molecule has 0 radical (unpaired) electrons. The number of amides is 2. The molecule has 1 aromatic heterocycles. The van der Waals surface area contributed by atoms with Crippen molar-refractivity contribution in [1.29, 1.82) is 0 Å². The van der Waals surface area contributed by atoms with Crippen molar-refractivity contribution in [2.75, 3.05) is 27.2 Å². The highest BCUT2D eigenvalue weighted by Crippen LogP contribution is 2.40. The molecule has 1 heterocycles. The number of nitrogens with zero attached hydrogens (tertiary/aromatic N) is 1. The number of nitrogens with two attached hydrogens (primary N) is 2. The third-order valence-electron chi connectivity index (χ3n) is 5.12. The quantitative estimate of drug-likeness (QED) is 0.481. The van der Waals surface area contributed by atoms with Gasteiger partial charge in [0, 0.05) is 17.5 Å². The third-order valence-corrected chi connectivity index (χ3v) is 5.12. The molecule has 0 aliphatic rings. The van der Waals surface area contributed by atoms with Gasteiger partial charge in [-0.05, 0) is 38.7 Å². The average Bonchev–Trinajstić information content (AvgIpc) is 3.05. The zero-order valence-electron chi connectivity index (χ0n) is 17.8. The minimum Gasteiger partial charge on any atom is -0.484 e. The third kappa shape index (κ3) is 4.55. The highest BCUT2D eigenvalue weighted by atomic mass is 16.5. The molecular formula is C23H27N3O5. The van der Waals surface area contributed by atoms with Gasteiger partial charge in [0.05, 0.1) is 18.1 Å². The maximum absolute atomic E-state index is 12.2. The number of benzene rings is 2. The van der Waals surface area contributed by atoms with E-state index in [1.807, 2.05) is 49.3 Å². The van der Waals surface area contributed by atoms with Crippen molar-refractivity contribution in [1.82, 2.24) is 4.90 Å². The number of rotatable bonds is 9. The molecule has 0 aliphatic carbocycles. The summed E-state index contributed by atoms with van der Waals surface area (Å²) < 4.78 is 12.1. The van der Waals surface area contributed by atoms with Crippen LogP contribution in [0.25, 0.3) is 11.0 Å². The van der Waals surface area contributed by atoms with E-state index in [1.165, 1.54) is 0 Å². The summed E-state index contributed by atoms with van der Waals surface area (Å²) in [6.45, 7) is 1.60. The fourth-order valence-corrected chi connectivity index (χ4v) is 3.75. The molecule has 0 spiro atoms. The summed E-state index contributed by atoms with van der Waals surface area (Å²) in [5, 5.41) is 10.3. The molecule has 164 valence electrons. The topological polar surface area (TPSA) is 132 Å². The summed E-state index contributed by atoms with van der Waals surface area (Å²) in [7, 11) is 3.85. The molecule has 0 saturated heterocycles. The predicted octanol–water partition coefficient (Wildman–Crippen LogP) is 2.08. The van der Waals surface area contributed by atoms with Gasteiger partial charge >= 0.3 is 0 Å². The van der Waals surface area contributed by atoms with Crippen LogP contribution in [0.15, 0.2) is 46.9 Å². The van der Waals surface area contributed by atoms with Crippen LogP contribution in [0.5, 0.6) is 5.75 Å². The van der Waals surface area contributed by atoms with E-state index in [1.54, 1.807) is 19.1 Å². The largest absolute Gasteiger partial charge is 0.484 e. The van der Waals surface area contributed by atoms with E-state index >= 15 is 0 Å². The molecule has 5 N–H and O–H groups in total. The van der Waals surface area contributed by atoms with Gasteiger partial charge < -0.3 is 30.6 Å².